The number of aliphatic carboxylic acids is 1. The van der Waals surface area contributed by atoms with Crippen LogP contribution >= 0.6 is 0 Å². The zero-order valence-electron chi connectivity index (χ0n) is 68.3. The summed E-state index contributed by atoms with van der Waals surface area (Å²) in [6, 6.07) is -7.23. The van der Waals surface area contributed by atoms with Crippen molar-refractivity contribution in [3.05, 3.63) is 119 Å². The molecule has 2 heterocycles. The number of phenolic OH excluding ortho intramolecular Hbond substituents is 1. The molecule has 1 aliphatic rings. The van der Waals surface area contributed by atoms with Crippen LogP contribution in [0.3, 0.4) is 0 Å². The van der Waals surface area contributed by atoms with Gasteiger partial charge in [0.1, 0.15) is 84.3 Å². The Labute approximate surface area is 700 Å². The number of carbonyl (C=O) groups excluding carboxylic acids is 15. The molecule has 0 spiro atoms. The molecule has 0 aliphatic heterocycles. The molecule has 2 aromatic heterocycles. The number of phenols is 1. The number of benzene rings is 3. The molecule has 666 valence electrons. The average Bonchev–Trinajstić information content (AvgIpc) is 1.54. The van der Waals surface area contributed by atoms with Gasteiger partial charge in [0.25, 0.3) is 0 Å². The molecule has 26 N–H and O–H groups in total. The minimum absolute atomic E-state index is 0.0528. The van der Waals surface area contributed by atoms with Crippen molar-refractivity contribution >= 4 is 105 Å². The zero-order chi connectivity index (χ0) is 90.2. The van der Waals surface area contributed by atoms with E-state index in [1.54, 1.807) is 44.3 Å². The molecule has 0 bridgehead atoms. The number of carboxylic acids is 1. The van der Waals surface area contributed by atoms with Gasteiger partial charge in [0, 0.05) is 68.7 Å². The summed E-state index contributed by atoms with van der Waals surface area (Å²) < 4.78 is 29.1. The van der Waals surface area contributed by atoms with Gasteiger partial charge in [0.15, 0.2) is 11.6 Å². The Morgan fingerprint density at radius 3 is 1.51 bits per heavy atom. The number of carbonyl (C=O) groups is 16. The van der Waals surface area contributed by atoms with Crippen molar-refractivity contribution in [3.8, 4) is 5.75 Å². The van der Waals surface area contributed by atoms with Crippen molar-refractivity contribution in [1.29, 1.82) is 0 Å². The summed E-state index contributed by atoms with van der Waals surface area (Å²) in [6.45, 7) is 7.34. The molecule has 122 heavy (non-hydrogen) atoms. The number of amides is 15. The van der Waals surface area contributed by atoms with Crippen LogP contribution < -0.4 is 86.3 Å². The minimum atomic E-state index is -1.95. The molecule has 0 saturated heterocycles. The maximum absolute atomic E-state index is 15.3. The molecule has 1 saturated carbocycles. The van der Waals surface area contributed by atoms with E-state index in [9.17, 15) is 101 Å². The molecular weight excluding hydrogens is 1600 g/mol. The molecule has 1 fully saturated rings. The van der Waals surface area contributed by atoms with Crippen molar-refractivity contribution in [2.24, 2.45) is 29.0 Å². The number of hydrogen-bond donors (Lipinski definition) is 23. The van der Waals surface area contributed by atoms with Gasteiger partial charge >= 0.3 is 5.97 Å². The van der Waals surface area contributed by atoms with Gasteiger partial charge < -0.3 is 122 Å². The lowest BCUT2D eigenvalue weighted by molar-refractivity contribution is -0.139. The number of aliphatic hydroxyl groups excluding tert-OH is 3. The molecule has 0 radical (unpaired) electrons. The first kappa shape index (κ1) is 98.3. The van der Waals surface area contributed by atoms with Crippen LogP contribution in [0.1, 0.15) is 141 Å². The number of nitrogens with one attached hydrogen (secondary N) is 15. The highest BCUT2D eigenvalue weighted by atomic mass is 19.2. The fourth-order valence-corrected chi connectivity index (χ4v) is 13.2. The molecule has 42 heteroatoms. The van der Waals surface area contributed by atoms with Crippen LogP contribution in [0.15, 0.2) is 85.5 Å². The van der Waals surface area contributed by atoms with Crippen LogP contribution in [-0.2, 0) is 102 Å². The van der Waals surface area contributed by atoms with Crippen molar-refractivity contribution in [2.45, 2.75) is 235 Å². The number of H-pyrrole nitrogens is 2. The van der Waals surface area contributed by atoms with Crippen LogP contribution in [0.4, 0.5) is 8.78 Å². The number of imidazole rings is 1. The number of primary amides is 2. The molecule has 15 amide bonds. The van der Waals surface area contributed by atoms with E-state index in [4.69, 9.17) is 17.2 Å². The summed E-state index contributed by atoms with van der Waals surface area (Å²) in [5, 5.41) is 84.5. The second-order valence-corrected chi connectivity index (χ2v) is 30.6. The van der Waals surface area contributed by atoms with Gasteiger partial charge in [-0.2, -0.15) is 0 Å². The van der Waals surface area contributed by atoms with Crippen molar-refractivity contribution in [2.75, 3.05) is 13.2 Å². The quantitative estimate of drug-likeness (QED) is 0.0166. The standard InChI is InChI=1S/C80H111F2N19O21/c1-39(2)28-57(90-43(6)105)76(118)100-66(41(4)103)79(121)98-60(32-46-19-22-51(81)52(82)29-46)73(115)93-56(24-26-65(108)109)71(113)97-62(34-48-36-86-38-88-48)75(117)95-58(31-45-17-20-49(106)21-18-45)74(116)96-61(33-47-35-87-53-15-8-7-14-50(47)53)72(114)89-40(3)69(111)92-55(23-25-64(84)107)70(112)94-59(30-44-12-11-13-44)77(119)101-67(42(5)104)80(122)99-63(37-102)78(120)91-54(68(85)110)16-9-10-27-83/h7-8,14-15,17-22,29,35-36,38-42,44,54-63,66-67,87,102-104,106H,9-13,16,23-28,30-34,37,83H2,1-6H3,(H2,84,107)(H2,85,110)(H,86,88)(H,89,114)(H,90,105)(H,91,120)(H,92,111)(H,93,115)(H,94,112)(H,95,117)(H,96,116)(H,97,113)(H,98,121)(H,99,122)(H,100,118)(H,101,119)(H,108,109)/t40-,41+,42+,54-,55-,56-,57-,58-,59-,60-,61-,62-,63-,66-,67-/m0/s1. The maximum atomic E-state index is 15.3. The van der Waals surface area contributed by atoms with E-state index in [-0.39, 0.29) is 66.6 Å². The number of aromatic nitrogens is 3. The van der Waals surface area contributed by atoms with E-state index >= 15 is 9.59 Å². The second-order valence-electron chi connectivity index (χ2n) is 30.6. The largest absolute Gasteiger partial charge is 0.508 e. The first-order chi connectivity index (χ1) is 57.7. The van der Waals surface area contributed by atoms with E-state index in [1.807, 2.05) is 0 Å². The zero-order valence-corrected chi connectivity index (χ0v) is 68.3. The summed E-state index contributed by atoms with van der Waals surface area (Å²) in [7, 11) is 0. The van der Waals surface area contributed by atoms with Gasteiger partial charge in [0.05, 0.1) is 30.8 Å². The van der Waals surface area contributed by atoms with Gasteiger partial charge in [-0.1, -0.05) is 69.5 Å². The van der Waals surface area contributed by atoms with Crippen LogP contribution in [-0.4, -0.2) is 239 Å². The van der Waals surface area contributed by atoms with Crippen molar-refractivity contribution in [1.82, 2.24) is 84.1 Å². The number of aliphatic hydroxyl groups is 3. The van der Waals surface area contributed by atoms with E-state index in [0.29, 0.717) is 54.3 Å². The number of halogens is 2. The van der Waals surface area contributed by atoms with Crippen LogP contribution in [0.2, 0.25) is 0 Å². The number of fused-ring (bicyclic) bond motifs is 1. The Morgan fingerprint density at radius 2 is 0.992 bits per heavy atom. The number of aromatic amines is 2. The lowest BCUT2D eigenvalue weighted by Crippen LogP contribution is -2.62. The number of nitrogens with zero attached hydrogens (tertiary/aromatic N) is 1. The van der Waals surface area contributed by atoms with Gasteiger partial charge in [0.2, 0.25) is 88.6 Å². The van der Waals surface area contributed by atoms with E-state index in [2.05, 4.69) is 84.1 Å². The maximum Gasteiger partial charge on any atom is 0.303 e. The van der Waals surface area contributed by atoms with E-state index in [1.165, 1.54) is 43.7 Å². The Kier molecular flexibility index (Phi) is 38.7. The summed E-state index contributed by atoms with van der Waals surface area (Å²) >= 11 is 0. The monoisotopic (exact) mass is 1710 g/mol. The Hall–Kier alpha value is -12.6. The fraction of sp³-hybridized carbons (Fsp3) is 0.512. The Balaban J connectivity index is 1.28. The molecule has 5 aromatic rings. The fourth-order valence-electron chi connectivity index (χ4n) is 13.2. The highest BCUT2D eigenvalue weighted by molar-refractivity contribution is 6.01. The summed E-state index contributed by atoms with van der Waals surface area (Å²) in [6.07, 6.45) is -0.960. The summed E-state index contributed by atoms with van der Waals surface area (Å²) in [5.41, 5.74) is 17.8. The molecular formula is C80H111F2N19O21. The van der Waals surface area contributed by atoms with Crippen LogP contribution in [0.5, 0.6) is 5.75 Å². The third-order valence-electron chi connectivity index (χ3n) is 20.1. The summed E-state index contributed by atoms with van der Waals surface area (Å²) in [5.74, 6) is -20.6. The van der Waals surface area contributed by atoms with Gasteiger partial charge in [-0.15, -0.1) is 0 Å². The summed E-state index contributed by atoms with van der Waals surface area (Å²) in [4.78, 5) is 232. The van der Waals surface area contributed by atoms with Crippen LogP contribution in [0, 0.1) is 23.5 Å². The van der Waals surface area contributed by atoms with E-state index < -0.39 is 249 Å². The van der Waals surface area contributed by atoms with Gasteiger partial charge in [-0.05, 0) is 131 Å². The number of unbranched alkanes of at least 4 members (excludes halogenated alkanes) is 1. The highest BCUT2D eigenvalue weighted by Crippen LogP contribution is 2.31. The number of carboxylic acid groups (broad SMARTS) is 1. The lowest BCUT2D eigenvalue weighted by Gasteiger charge is -2.32. The lowest BCUT2D eigenvalue weighted by atomic mass is 9.80. The second kappa shape index (κ2) is 48.0. The number of nitrogens with two attached hydrogens (primary N) is 3. The Bertz CT molecular complexity index is 4470. The third-order valence-corrected chi connectivity index (χ3v) is 20.1. The number of rotatable bonds is 51. The predicted octanol–water partition coefficient (Wildman–Crippen LogP) is -3.78. The topological polar surface area (TPSA) is 653 Å². The highest BCUT2D eigenvalue weighted by Gasteiger charge is 2.40. The molecule has 0 unspecified atom stereocenters. The normalized spacial score (nSPS) is 15.6. The molecule has 40 nitrogen and oxygen atoms in total. The smallest absolute Gasteiger partial charge is 0.303 e. The predicted molar refractivity (Wildman–Crippen MR) is 432 cm³/mol. The average molecular weight is 1710 g/mol. The molecule has 3 aromatic carbocycles. The number of hydrogen-bond acceptors (Lipinski definition) is 22. The van der Waals surface area contributed by atoms with E-state index in [0.717, 1.165) is 33.3 Å². The number of aromatic hydroxyl groups is 1. The molecule has 15 atom stereocenters. The SMILES string of the molecule is CC(=O)N[C@@H](CC(C)C)C(=O)N[C@H](C(=O)N[C@@H](Cc1ccc(F)c(F)c1)C(=O)N[C@@H](CCC(=O)O)C(=O)N[C@@H](Cc1c[nH]cn1)C(=O)N[C@@H](Cc1ccc(O)cc1)C(=O)N[C@@H](Cc1c[nH]c2ccccc12)C(=O)N[C@@H](C)C(=O)N[C@@H](CCC(N)=O)C(=O)N[C@@H](CC1CCC1)C(=O)N[C@H](C(=O)N[C@@H](CO)C(=O)N[C@@H](CCCCN)C(N)=O)[C@@H](C)O)[C@@H](C)O. The molecule has 6 rings (SSSR count). The van der Waals surface area contributed by atoms with Crippen molar-refractivity contribution < 1.29 is 111 Å². The number of para-hydroxylation sites is 1. The van der Waals surface area contributed by atoms with Gasteiger partial charge in [-0.3, -0.25) is 76.7 Å². The first-order valence-electron chi connectivity index (χ1n) is 39.9. The van der Waals surface area contributed by atoms with Crippen LogP contribution in [0.25, 0.3) is 10.9 Å². The first-order valence-corrected chi connectivity index (χ1v) is 39.9. The van der Waals surface area contributed by atoms with Crippen molar-refractivity contribution in [3.63, 3.8) is 0 Å². The molecule has 1 aliphatic carbocycles. The minimum Gasteiger partial charge on any atom is -0.508 e. The van der Waals surface area contributed by atoms with Gasteiger partial charge in [-0.25, -0.2) is 13.8 Å². The third kappa shape index (κ3) is 31.5. The Morgan fingerprint density at radius 1 is 0.508 bits per heavy atom.